The number of nitrogens with one attached hydrogen (secondary N) is 1. The first-order valence-corrected chi connectivity index (χ1v) is 7.16. The highest BCUT2D eigenvalue weighted by Crippen LogP contribution is 2.15. The van der Waals surface area contributed by atoms with Crippen LogP contribution in [0.5, 0.6) is 0 Å². The number of aryl methyl sites for hydroxylation is 1. The minimum atomic E-state index is 0.381. The van der Waals surface area contributed by atoms with E-state index in [1.807, 2.05) is 17.9 Å². The molecule has 0 saturated heterocycles. The molecule has 1 aromatic heterocycles. The summed E-state index contributed by atoms with van der Waals surface area (Å²) in [6.45, 7) is 11.1. The van der Waals surface area contributed by atoms with E-state index in [-0.39, 0.29) is 0 Å². The maximum absolute atomic E-state index is 4.53. The number of aromatic nitrogens is 2. The van der Waals surface area contributed by atoms with Gasteiger partial charge in [0, 0.05) is 13.2 Å². The Hall–Kier alpha value is -0.870. The Morgan fingerprint density at radius 2 is 2.06 bits per heavy atom. The molecule has 0 aliphatic rings. The summed E-state index contributed by atoms with van der Waals surface area (Å²) in [6, 6.07) is 2.50. The molecule has 1 heterocycles. The van der Waals surface area contributed by atoms with Crippen LogP contribution in [0.15, 0.2) is 12.3 Å². The van der Waals surface area contributed by atoms with E-state index in [1.54, 1.807) is 0 Å². The number of nitrogens with zero attached hydrogens (tertiary/aromatic N) is 3. The van der Waals surface area contributed by atoms with Gasteiger partial charge < -0.3 is 10.2 Å². The fourth-order valence-corrected chi connectivity index (χ4v) is 2.14. The van der Waals surface area contributed by atoms with Crippen LogP contribution in [0.25, 0.3) is 0 Å². The van der Waals surface area contributed by atoms with Gasteiger partial charge in [-0.25, -0.2) is 0 Å². The molecule has 0 bridgehead atoms. The lowest BCUT2D eigenvalue weighted by molar-refractivity contribution is 0.280. The van der Waals surface area contributed by atoms with Crippen molar-refractivity contribution in [2.24, 2.45) is 7.05 Å². The molecule has 0 amide bonds. The molecule has 1 rings (SSSR count). The van der Waals surface area contributed by atoms with Gasteiger partial charge in [-0.3, -0.25) is 4.68 Å². The molecule has 18 heavy (non-hydrogen) atoms. The highest BCUT2D eigenvalue weighted by molar-refractivity contribution is 5.05. The Kier molecular flexibility index (Phi) is 6.98. The van der Waals surface area contributed by atoms with Crippen LogP contribution in [0.2, 0.25) is 0 Å². The SMILES string of the molecule is CCCNC(CCN(CC)CC)c1ccn(C)n1. The molecule has 0 aliphatic carbocycles. The van der Waals surface area contributed by atoms with Gasteiger partial charge in [0.2, 0.25) is 0 Å². The molecule has 1 atom stereocenters. The smallest absolute Gasteiger partial charge is 0.0794 e. The summed E-state index contributed by atoms with van der Waals surface area (Å²) in [5.41, 5.74) is 1.16. The van der Waals surface area contributed by atoms with E-state index in [0.29, 0.717) is 6.04 Å². The zero-order chi connectivity index (χ0) is 13.4. The molecule has 0 aliphatic heterocycles. The first-order chi connectivity index (χ1) is 8.71. The summed E-state index contributed by atoms with van der Waals surface area (Å²) in [5.74, 6) is 0. The van der Waals surface area contributed by atoms with E-state index in [0.717, 1.165) is 44.7 Å². The van der Waals surface area contributed by atoms with Crippen LogP contribution in [0.3, 0.4) is 0 Å². The lowest BCUT2D eigenvalue weighted by Gasteiger charge is -2.22. The predicted molar refractivity (Wildman–Crippen MR) is 76.6 cm³/mol. The van der Waals surface area contributed by atoms with Crippen LogP contribution < -0.4 is 5.32 Å². The first-order valence-electron chi connectivity index (χ1n) is 7.16. The van der Waals surface area contributed by atoms with Crippen LogP contribution >= 0.6 is 0 Å². The van der Waals surface area contributed by atoms with Crippen molar-refractivity contribution in [3.8, 4) is 0 Å². The van der Waals surface area contributed by atoms with Crippen molar-refractivity contribution >= 4 is 0 Å². The van der Waals surface area contributed by atoms with Crippen molar-refractivity contribution in [3.05, 3.63) is 18.0 Å². The summed E-state index contributed by atoms with van der Waals surface area (Å²) in [6.07, 6.45) is 4.31. The van der Waals surface area contributed by atoms with Gasteiger partial charge in [0.1, 0.15) is 0 Å². The van der Waals surface area contributed by atoms with Crippen LogP contribution in [-0.2, 0) is 7.05 Å². The Bertz CT molecular complexity index is 317. The summed E-state index contributed by atoms with van der Waals surface area (Å²) in [5, 5.41) is 8.13. The van der Waals surface area contributed by atoms with E-state index < -0.39 is 0 Å². The Morgan fingerprint density at radius 3 is 2.56 bits per heavy atom. The third-order valence-electron chi connectivity index (χ3n) is 3.36. The van der Waals surface area contributed by atoms with Crippen molar-refractivity contribution < 1.29 is 0 Å². The number of hydrogen-bond donors (Lipinski definition) is 1. The van der Waals surface area contributed by atoms with Crippen molar-refractivity contribution in [2.45, 2.75) is 39.7 Å². The zero-order valence-electron chi connectivity index (χ0n) is 12.3. The average molecular weight is 252 g/mol. The predicted octanol–water partition coefficient (Wildman–Crippen LogP) is 2.19. The van der Waals surface area contributed by atoms with Gasteiger partial charge >= 0.3 is 0 Å². The molecule has 4 nitrogen and oxygen atoms in total. The van der Waals surface area contributed by atoms with Gasteiger partial charge in [0.15, 0.2) is 0 Å². The normalized spacial score (nSPS) is 13.2. The minimum Gasteiger partial charge on any atom is -0.309 e. The van der Waals surface area contributed by atoms with Gasteiger partial charge in [-0.2, -0.15) is 5.10 Å². The second-order valence-electron chi connectivity index (χ2n) is 4.74. The summed E-state index contributed by atoms with van der Waals surface area (Å²) >= 11 is 0. The summed E-state index contributed by atoms with van der Waals surface area (Å²) < 4.78 is 1.88. The maximum atomic E-state index is 4.53. The van der Waals surface area contributed by atoms with Crippen LogP contribution in [0, 0.1) is 0 Å². The quantitative estimate of drug-likeness (QED) is 0.731. The zero-order valence-corrected chi connectivity index (χ0v) is 12.3. The number of rotatable bonds is 9. The summed E-state index contributed by atoms with van der Waals surface area (Å²) in [7, 11) is 1.98. The van der Waals surface area contributed by atoms with E-state index in [9.17, 15) is 0 Å². The van der Waals surface area contributed by atoms with E-state index in [2.05, 4.69) is 42.2 Å². The topological polar surface area (TPSA) is 33.1 Å². The van der Waals surface area contributed by atoms with Crippen molar-refractivity contribution in [1.29, 1.82) is 0 Å². The number of hydrogen-bond acceptors (Lipinski definition) is 3. The molecule has 1 aromatic rings. The van der Waals surface area contributed by atoms with Crippen molar-refractivity contribution in [3.63, 3.8) is 0 Å². The Morgan fingerprint density at radius 1 is 1.33 bits per heavy atom. The van der Waals surface area contributed by atoms with Gasteiger partial charge in [-0.1, -0.05) is 20.8 Å². The Labute approximate surface area is 111 Å². The standard InChI is InChI=1S/C14H28N4/c1-5-10-15-13(9-12-18(6-2)7-3)14-8-11-17(4)16-14/h8,11,13,15H,5-7,9-10,12H2,1-4H3. The molecule has 0 spiro atoms. The highest BCUT2D eigenvalue weighted by Gasteiger charge is 2.14. The van der Waals surface area contributed by atoms with Crippen molar-refractivity contribution in [2.75, 3.05) is 26.2 Å². The molecule has 1 N–H and O–H groups in total. The molecule has 104 valence electrons. The molecule has 0 radical (unpaired) electrons. The van der Waals surface area contributed by atoms with E-state index in [1.165, 1.54) is 0 Å². The molecule has 0 aromatic carbocycles. The van der Waals surface area contributed by atoms with Gasteiger partial charge in [0.05, 0.1) is 11.7 Å². The average Bonchev–Trinajstić information content (AvgIpc) is 2.80. The molecule has 1 unspecified atom stereocenters. The maximum Gasteiger partial charge on any atom is 0.0794 e. The lowest BCUT2D eigenvalue weighted by atomic mass is 10.1. The molecular formula is C14H28N4. The second-order valence-corrected chi connectivity index (χ2v) is 4.74. The molecular weight excluding hydrogens is 224 g/mol. The lowest BCUT2D eigenvalue weighted by Crippen LogP contribution is -2.30. The van der Waals surface area contributed by atoms with Gasteiger partial charge in [0.25, 0.3) is 0 Å². The van der Waals surface area contributed by atoms with E-state index in [4.69, 9.17) is 0 Å². The third kappa shape index (κ3) is 4.78. The van der Waals surface area contributed by atoms with Crippen LogP contribution in [0.1, 0.15) is 45.3 Å². The first kappa shape index (κ1) is 15.2. The van der Waals surface area contributed by atoms with Gasteiger partial charge in [-0.15, -0.1) is 0 Å². The monoisotopic (exact) mass is 252 g/mol. The van der Waals surface area contributed by atoms with Gasteiger partial charge in [-0.05, 0) is 45.1 Å². The van der Waals surface area contributed by atoms with E-state index >= 15 is 0 Å². The Balaban J connectivity index is 2.55. The minimum absolute atomic E-state index is 0.381. The second kappa shape index (κ2) is 8.27. The molecule has 0 saturated carbocycles. The molecule has 0 fully saturated rings. The third-order valence-corrected chi connectivity index (χ3v) is 3.36. The fourth-order valence-electron chi connectivity index (χ4n) is 2.14. The largest absolute Gasteiger partial charge is 0.309 e. The molecule has 4 heteroatoms. The summed E-state index contributed by atoms with van der Waals surface area (Å²) in [4.78, 5) is 2.46. The highest BCUT2D eigenvalue weighted by atomic mass is 15.3. The van der Waals surface area contributed by atoms with Crippen LogP contribution in [0.4, 0.5) is 0 Å². The fraction of sp³-hybridized carbons (Fsp3) is 0.786. The van der Waals surface area contributed by atoms with Crippen molar-refractivity contribution in [1.82, 2.24) is 20.0 Å². The van der Waals surface area contributed by atoms with Crippen LogP contribution in [-0.4, -0.2) is 40.9 Å².